The van der Waals surface area contributed by atoms with Gasteiger partial charge in [0.15, 0.2) is 0 Å². The zero-order valence-corrected chi connectivity index (χ0v) is 14.1. The number of likely N-dealkylation sites (N-methyl/N-ethyl adjacent to an activating group) is 1. The van der Waals surface area contributed by atoms with Gasteiger partial charge in [0, 0.05) is 17.6 Å². The number of nitrogens with one attached hydrogen (secondary N) is 1. The number of hydrogen-bond acceptors (Lipinski definition) is 2. The molecule has 0 saturated heterocycles. The minimum absolute atomic E-state index is 0.0476. The zero-order chi connectivity index (χ0) is 16.7. The van der Waals surface area contributed by atoms with Crippen LogP contribution in [0.25, 0.3) is 6.08 Å². The molecule has 0 aromatic heterocycles. The summed E-state index contributed by atoms with van der Waals surface area (Å²) in [7, 11) is 3.98. The largest absolute Gasteiger partial charge is 0.344 e. The quantitative estimate of drug-likeness (QED) is 0.819. The Hall–Kier alpha value is -2.10. The third-order valence-electron chi connectivity index (χ3n) is 3.36. The van der Waals surface area contributed by atoms with Crippen molar-refractivity contribution in [2.24, 2.45) is 0 Å². The lowest BCUT2D eigenvalue weighted by molar-refractivity contribution is -0.117. The fourth-order valence-electron chi connectivity index (χ4n) is 2.25. The standard InChI is InChI=1S/C19H21ClN2O/c1-22(2)14-18(16-6-4-3-5-7-16)21-19(23)13-10-15-8-11-17(20)12-9-15/h3-13,18H,14H2,1-2H3,(H,21,23)/b13-10+. The molecule has 2 aromatic rings. The van der Waals surface area contributed by atoms with Crippen molar-refractivity contribution >= 4 is 23.6 Å². The molecule has 0 spiro atoms. The molecule has 3 nitrogen and oxygen atoms in total. The maximum Gasteiger partial charge on any atom is 0.244 e. The molecule has 0 fully saturated rings. The van der Waals surface area contributed by atoms with Gasteiger partial charge in [0.25, 0.3) is 0 Å². The summed E-state index contributed by atoms with van der Waals surface area (Å²) >= 11 is 5.85. The number of hydrogen-bond donors (Lipinski definition) is 1. The topological polar surface area (TPSA) is 32.3 Å². The third kappa shape index (κ3) is 5.89. The predicted octanol–water partition coefficient (Wildman–Crippen LogP) is 3.77. The summed E-state index contributed by atoms with van der Waals surface area (Å²) in [4.78, 5) is 14.3. The van der Waals surface area contributed by atoms with Crippen LogP contribution in [0.4, 0.5) is 0 Å². The Morgan fingerprint density at radius 1 is 1.13 bits per heavy atom. The molecule has 1 N–H and O–H groups in total. The van der Waals surface area contributed by atoms with E-state index in [4.69, 9.17) is 11.6 Å². The predicted molar refractivity (Wildman–Crippen MR) is 96.4 cm³/mol. The summed E-state index contributed by atoms with van der Waals surface area (Å²) in [6.07, 6.45) is 3.33. The van der Waals surface area contributed by atoms with Gasteiger partial charge in [-0.05, 0) is 43.4 Å². The first-order chi connectivity index (χ1) is 11.0. The highest BCUT2D eigenvalue weighted by atomic mass is 35.5. The third-order valence-corrected chi connectivity index (χ3v) is 3.62. The van der Waals surface area contributed by atoms with E-state index < -0.39 is 0 Å². The number of amides is 1. The van der Waals surface area contributed by atoms with Crippen molar-refractivity contribution in [2.75, 3.05) is 20.6 Å². The van der Waals surface area contributed by atoms with Crippen LogP contribution in [0.1, 0.15) is 17.2 Å². The second-order valence-electron chi connectivity index (χ2n) is 5.62. The Morgan fingerprint density at radius 3 is 2.39 bits per heavy atom. The number of carbonyl (C=O) groups is 1. The number of halogens is 1. The van der Waals surface area contributed by atoms with E-state index in [-0.39, 0.29) is 11.9 Å². The van der Waals surface area contributed by atoms with Crippen LogP contribution in [-0.4, -0.2) is 31.4 Å². The lowest BCUT2D eigenvalue weighted by atomic mass is 10.1. The summed E-state index contributed by atoms with van der Waals surface area (Å²) in [6, 6.07) is 17.3. The first-order valence-corrected chi connectivity index (χ1v) is 7.86. The van der Waals surface area contributed by atoms with Crippen molar-refractivity contribution in [3.05, 3.63) is 76.8 Å². The molecule has 1 atom stereocenters. The Morgan fingerprint density at radius 2 is 1.78 bits per heavy atom. The van der Waals surface area contributed by atoms with Crippen molar-refractivity contribution in [2.45, 2.75) is 6.04 Å². The molecule has 1 amide bonds. The van der Waals surface area contributed by atoms with Crippen LogP contribution in [0.3, 0.4) is 0 Å². The van der Waals surface area contributed by atoms with Crippen LogP contribution in [0.2, 0.25) is 5.02 Å². The summed E-state index contributed by atoms with van der Waals surface area (Å²) in [5, 5.41) is 3.73. The summed E-state index contributed by atoms with van der Waals surface area (Å²) in [5.74, 6) is -0.115. The molecule has 4 heteroatoms. The van der Waals surface area contributed by atoms with Gasteiger partial charge in [-0.15, -0.1) is 0 Å². The smallest absolute Gasteiger partial charge is 0.244 e. The second kappa shape index (κ2) is 8.51. The van der Waals surface area contributed by atoms with Gasteiger partial charge in [-0.3, -0.25) is 4.79 Å². The Labute approximate surface area is 142 Å². The molecule has 0 aliphatic heterocycles. The first-order valence-electron chi connectivity index (χ1n) is 7.48. The van der Waals surface area contributed by atoms with Crippen molar-refractivity contribution < 1.29 is 4.79 Å². The maximum atomic E-state index is 12.2. The van der Waals surface area contributed by atoms with E-state index in [9.17, 15) is 4.79 Å². The summed E-state index contributed by atoms with van der Waals surface area (Å²) in [5.41, 5.74) is 2.03. The molecule has 1 unspecified atom stereocenters. The van der Waals surface area contributed by atoms with Gasteiger partial charge in [0.2, 0.25) is 5.91 Å². The second-order valence-corrected chi connectivity index (χ2v) is 6.06. The molecule has 0 saturated carbocycles. The average Bonchev–Trinajstić information content (AvgIpc) is 2.54. The zero-order valence-electron chi connectivity index (χ0n) is 13.4. The fraction of sp³-hybridized carbons (Fsp3) is 0.211. The molecule has 2 rings (SSSR count). The van der Waals surface area contributed by atoms with E-state index in [0.29, 0.717) is 5.02 Å². The van der Waals surface area contributed by atoms with Crippen molar-refractivity contribution in [1.29, 1.82) is 0 Å². The number of nitrogens with zero attached hydrogens (tertiary/aromatic N) is 1. The van der Waals surface area contributed by atoms with Crippen molar-refractivity contribution in [3.8, 4) is 0 Å². The van der Waals surface area contributed by atoms with Gasteiger partial charge in [-0.1, -0.05) is 54.1 Å². The molecule has 0 radical (unpaired) electrons. The van der Waals surface area contributed by atoms with Gasteiger partial charge in [-0.2, -0.15) is 0 Å². The Kier molecular flexibility index (Phi) is 6.39. The SMILES string of the molecule is CN(C)CC(NC(=O)/C=C/c1ccc(Cl)cc1)c1ccccc1. The van der Waals surface area contributed by atoms with Gasteiger partial charge < -0.3 is 10.2 Å². The van der Waals surface area contributed by atoms with Gasteiger partial charge in [-0.25, -0.2) is 0 Å². The molecule has 23 heavy (non-hydrogen) atoms. The molecule has 120 valence electrons. The Balaban J connectivity index is 2.04. The first kappa shape index (κ1) is 17.3. The van der Waals surface area contributed by atoms with Gasteiger partial charge >= 0.3 is 0 Å². The minimum Gasteiger partial charge on any atom is -0.344 e. The lowest BCUT2D eigenvalue weighted by Gasteiger charge is -2.22. The van der Waals surface area contributed by atoms with E-state index in [1.165, 1.54) is 0 Å². The number of rotatable bonds is 6. The number of benzene rings is 2. The minimum atomic E-state index is -0.115. The molecule has 0 aliphatic rings. The van der Waals surface area contributed by atoms with Crippen molar-refractivity contribution in [3.63, 3.8) is 0 Å². The van der Waals surface area contributed by atoms with Crippen LogP contribution in [0.5, 0.6) is 0 Å². The highest BCUT2D eigenvalue weighted by molar-refractivity contribution is 6.30. The monoisotopic (exact) mass is 328 g/mol. The molecular weight excluding hydrogens is 308 g/mol. The van der Waals surface area contributed by atoms with Crippen LogP contribution < -0.4 is 5.32 Å². The van der Waals surface area contributed by atoms with E-state index >= 15 is 0 Å². The van der Waals surface area contributed by atoms with Crippen LogP contribution in [0, 0.1) is 0 Å². The van der Waals surface area contributed by atoms with Crippen LogP contribution in [0.15, 0.2) is 60.7 Å². The van der Waals surface area contributed by atoms with E-state index in [1.54, 1.807) is 24.3 Å². The van der Waals surface area contributed by atoms with Crippen molar-refractivity contribution in [1.82, 2.24) is 10.2 Å². The van der Waals surface area contributed by atoms with E-state index in [0.717, 1.165) is 17.7 Å². The molecule has 2 aromatic carbocycles. The van der Waals surface area contributed by atoms with E-state index in [2.05, 4.69) is 10.2 Å². The highest BCUT2D eigenvalue weighted by Gasteiger charge is 2.13. The fourth-order valence-corrected chi connectivity index (χ4v) is 2.38. The van der Waals surface area contributed by atoms with E-state index in [1.807, 2.05) is 56.6 Å². The maximum absolute atomic E-state index is 12.2. The lowest BCUT2D eigenvalue weighted by Crippen LogP contribution is -2.34. The normalized spacial score (nSPS) is 12.5. The number of carbonyl (C=O) groups excluding carboxylic acids is 1. The average molecular weight is 329 g/mol. The Bertz CT molecular complexity index is 651. The molecular formula is C19H21ClN2O. The molecule has 0 bridgehead atoms. The molecule has 0 aliphatic carbocycles. The van der Waals surface area contributed by atoms with Crippen LogP contribution >= 0.6 is 11.6 Å². The van der Waals surface area contributed by atoms with Gasteiger partial charge in [0.1, 0.15) is 0 Å². The summed E-state index contributed by atoms with van der Waals surface area (Å²) in [6.45, 7) is 0.741. The summed E-state index contributed by atoms with van der Waals surface area (Å²) < 4.78 is 0. The molecule has 0 heterocycles. The van der Waals surface area contributed by atoms with Gasteiger partial charge in [0.05, 0.1) is 6.04 Å². The van der Waals surface area contributed by atoms with Crippen LogP contribution in [-0.2, 0) is 4.79 Å². The highest BCUT2D eigenvalue weighted by Crippen LogP contribution is 2.14.